The summed E-state index contributed by atoms with van der Waals surface area (Å²) in [6, 6.07) is 9.56. The molecule has 0 aliphatic rings. The molecule has 0 amide bonds. The number of carbonyl (C=O) groups is 3. The van der Waals surface area contributed by atoms with Crippen molar-refractivity contribution in [3.8, 4) is 11.5 Å². The van der Waals surface area contributed by atoms with Gasteiger partial charge in [-0.3, -0.25) is 4.79 Å². The Hall–Kier alpha value is -4.75. The van der Waals surface area contributed by atoms with Gasteiger partial charge in [0.25, 0.3) is 10.2 Å². The van der Waals surface area contributed by atoms with Crippen LogP contribution in [0.5, 0.6) is 11.5 Å². The van der Waals surface area contributed by atoms with Crippen LogP contribution in [0, 0.1) is 20.2 Å². The van der Waals surface area contributed by atoms with Gasteiger partial charge < -0.3 is 23.9 Å². The Morgan fingerprint density at radius 1 is 0.941 bits per heavy atom. The molecule has 0 aliphatic carbocycles. The highest BCUT2D eigenvalue weighted by Gasteiger charge is 2.22. The van der Waals surface area contributed by atoms with Gasteiger partial charge in [0.1, 0.15) is 18.3 Å². The molecule has 14 nitrogen and oxygen atoms in total. The molecule has 34 heavy (non-hydrogen) atoms. The van der Waals surface area contributed by atoms with E-state index in [1.165, 1.54) is 42.5 Å². The van der Waals surface area contributed by atoms with Crippen molar-refractivity contribution in [2.45, 2.75) is 19.4 Å². The van der Waals surface area contributed by atoms with Gasteiger partial charge in [0.05, 0.1) is 12.7 Å². The molecule has 0 saturated carbocycles. The van der Waals surface area contributed by atoms with Gasteiger partial charge in [-0.1, -0.05) is 18.2 Å². The van der Waals surface area contributed by atoms with Crippen LogP contribution in [-0.4, -0.2) is 47.9 Å². The van der Waals surface area contributed by atoms with E-state index < -0.39 is 40.8 Å². The molecule has 0 spiro atoms. The minimum absolute atomic E-state index is 0.0503. The van der Waals surface area contributed by atoms with Crippen LogP contribution in [-0.2, 0) is 25.6 Å². The second kappa shape index (κ2) is 11.8. The van der Waals surface area contributed by atoms with Crippen molar-refractivity contribution in [2.75, 3.05) is 13.7 Å². The molecule has 0 aliphatic heterocycles. The van der Waals surface area contributed by atoms with E-state index in [9.17, 15) is 34.6 Å². The lowest BCUT2D eigenvalue weighted by atomic mass is 10.1. The topological polar surface area (TPSA) is 184 Å². The van der Waals surface area contributed by atoms with Crippen LogP contribution in [0.3, 0.4) is 0 Å². The van der Waals surface area contributed by atoms with Crippen LogP contribution in [0.25, 0.3) is 0 Å². The summed E-state index contributed by atoms with van der Waals surface area (Å²) in [5, 5.41) is 18.7. The molecule has 14 heteroatoms. The minimum atomic E-state index is -1.26. The van der Waals surface area contributed by atoms with Gasteiger partial charge in [-0.15, -0.1) is 20.2 Å². The third-order valence-electron chi connectivity index (χ3n) is 4.09. The Morgan fingerprint density at radius 3 is 2.18 bits per heavy atom. The van der Waals surface area contributed by atoms with Crippen molar-refractivity contribution < 1.29 is 48.4 Å². The van der Waals surface area contributed by atoms with Crippen molar-refractivity contribution in [3.63, 3.8) is 0 Å². The van der Waals surface area contributed by atoms with E-state index >= 15 is 0 Å². The van der Waals surface area contributed by atoms with Crippen molar-refractivity contribution in [1.82, 2.24) is 0 Å². The maximum Gasteiger partial charge on any atom is 0.343 e. The smallest absolute Gasteiger partial charge is 0.343 e. The van der Waals surface area contributed by atoms with Crippen LogP contribution >= 0.6 is 0 Å². The Labute approximate surface area is 191 Å². The molecule has 0 N–H and O–H groups in total. The second-order valence-electron chi connectivity index (χ2n) is 6.48. The third-order valence-corrected chi connectivity index (χ3v) is 4.09. The fraction of sp³-hybridized carbons (Fsp3) is 0.250. The Balaban J connectivity index is 2.18. The van der Waals surface area contributed by atoms with Gasteiger partial charge in [-0.25, -0.2) is 9.59 Å². The first-order chi connectivity index (χ1) is 16.1. The first kappa shape index (κ1) is 25.5. The van der Waals surface area contributed by atoms with Gasteiger partial charge in [-0.05, 0) is 29.8 Å². The van der Waals surface area contributed by atoms with Crippen molar-refractivity contribution >= 4 is 17.9 Å². The molecule has 0 aromatic heterocycles. The Morgan fingerprint density at radius 2 is 1.62 bits per heavy atom. The largest absolute Gasteiger partial charge is 0.465 e. The number of hydrogen-bond acceptors (Lipinski definition) is 12. The fourth-order valence-electron chi connectivity index (χ4n) is 2.71. The molecule has 0 fully saturated rings. The zero-order valence-electron chi connectivity index (χ0n) is 17.8. The first-order valence-corrected chi connectivity index (χ1v) is 9.40. The number of carbonyl (C=O) groups excluding carboxylic acids is 3. The SMILES string of the molecule is COC(=O)c1cccc(OC(=O)c2ccc(CC(CO[N+](=O)[O-])O[N+](=O)[O-])cc2)c1OC(C)=O. The number of rotatable bonds is 11. The zero-order chi connectivity index (χ0) is 25.3. The number of benzene rings is 2. The summed E-state index contributed by atoms with van der Waals surface area (Å²) in [7, 11) is 1.13. The lowest BCUT2D eigenvalue weighted by molar-refractivity contribution is -0.789. The van der Waals surface area contributed by atoms with Gasteiger partial charge in [0, 0.05) is 13.3 Å². The number of nitrogens with zero attached hydrogens (tertiary/aromatic N) is 2. The Kier molecular flexibility index (Phi) is 8.82. The average molecular weight is 478 g/mol. The molecule has 1 atom stereocenters. The quantitative estimate of drug-likeness (QED) is 0.198. The molecule has 2 aromatic carbocycles. The van der Waals surface area contributed by atoms with Crippen LogP contribution < -0.4 is 9.47 Å². The molecule has 180 valence electrons. The summed E-state index contributed by atoms with van der Waals surface area (Å²) in [5.41, 5.74) is 0.366. The van der Waals surface area contributed by atoms with Gasteiger partial charge >= 0.3 is 17.9 Å². The first-order valence-electron chi connectivity index (χ1n) is 9.40. The third kappa shape index (κ3) is 7.44. The molecular weight excluding hydrogens is 460 g/mol. The fourth-order valence-corrected chi connectivity index (χ4v) is 2.71. The molecule has 2 rings (SSSR count). The predicted octanol–water partition coefficient (Wildman–Crippen LogP) is 1.95. The maximum atomic E-state index is 12.6. The number of hydrogen-bond donors (Lipinski definition) is 0. The summed E-state index contributed by atoms with van der Waals surface area (Å²) < 4.78 is 14.9. The van der Waals surface area contributed by atoms with Gasteiger partial charge in [-0.2, -0.15) is 0 Å². The lowest BCUT2D eigenvalue weighted by Crippen LogP contribution is -2.26. The minimum Gasteiger partial charge on any atom is -0.465 e. The van der Waals surface area contributed by atoms with Crippen LogP contribution in [0.15, 0.2) is 42.5 Å². The van der Waals surface area contributed by atoms with E-state index in [2.05, 4.69) is 14.4 Å². The molecule has 0 heterocycles. The van der Waals surface area contributed by atoms with E-state index in [-0.39, 0.29) is 29.0 Å². The molecule has 0 bridgehead atoms. The highest BCUT2D eigenvalue weighted by Crippen LogP contribution is 2.32. The molecule has 1 unspecified atom stereocenters. The monoisotopic (exact) mass is 478 g/mol. The summed E-state index contributed by atoms with van der Waals surface area (Å²) in [6.45, 7) is 0.429. The van der Waals surface area contributed by atoms with E-state index in [0.717, 1.165) is 14.0 Å². The number of para-hydroxylation sites is 1. The standard InChI is InChI=1S/C20H18N2O12/c1-12(23)32-18-16(20(25)30-2)4-3-5-17(18)33-19(24)14-8-6-13(7-9-14)10-15(34-22(28)29)11-31-21(26)27/h3-9,15H,10-11H2,1-2H3. The Bertz CT molecular complexity index is 1080. The predicted molar refractivity (Wildman–Crippen MR) is 109 cm³/mol. The van der Waals surface area contributed by atoms with Crippen molar-refractivity contribution in [3.05, 3.63) is 79.4 Å². The van der Waals surface area contributed by atoms with Crippen LogP contribution in [0.4, 0.5) is 0 Å². The van der Waals surface area contributed by atoms with Gasteiger partial charge in [0.15, 0.2) is 11.5 Å². The van der Waals surface area contributed by atoms with E-state index in [1.54, 1.807) is 0 Å². The summed E-state index contributed by atoms with van der Waals surface area (Å²) in [4.78, 5) is 65.4. The summed E-state index contributed by atoms with van der Waals surface area (Å²) in [6.07, 6.45) is -1.38. The van der Waals surface area contributed by atoms with Crippen molar-refractivity contribution in [1.29, 1.82) is 0 Å². The summed E-state index contributed by atoms with van der Waals surface area (Å²) in [5.74, 6) is -2.94. The van der Waals surface area contributed by atoms with Crippen LogP contribution in [0.2, 0.25) is 0 Å². The molecule has 0 radical (unpaired) electrons. The van der Waals surface area contributed by atoms with E-state index in [1.807, 2.05) is 0 Å². The van der Waals surface area contributed by atoms with E-state index in [0.29, 0.717) is 5.56 Å². The maximum absolute atomic E-state index is 12.6. The van der Waals surface area contributed by atoms with Gasteiger partial charge in [0.2, 0.25) is 0 Å². The van der Waals surface area contributed by atoms with E-state index in [4.69, 9.17) is 9.47 Å². The zero-order valence-corrected chi connectivity index (χ0v) is 17.8. The number of methoxy groups -OCH3 is 1. The highest BCUT2D eigenvalue weighted by molar-refractivity contribution is 5.96. The molecule has 2 aromatic rings. The normalized spacial score (nSPS) is 11.0. The number of ether oxygens (including phenoxy) is 3. The average Bonchev–Trinajstić information content (AvgIpc) is 2.77. The van der Waals surface area contributed by atoms with Crippen molar-refractivity contribution in [2.24, 2.45) is 0 Å². The van der Waals surface area contributed by atoms with Crippen LogP contribution in [0.1, 0.15) is 33.2 Å². The second-order valence-corrected chi connectivity index (χ2v) is 6.48. The number of esters is 3. The highest BCUT2D eigenvalue weighted by atomic mass is 17.0. The molecule has 0 saturated heterocycles. The lowest BCUT2D eigenvalue weighted by Gasteiger charge is -2.14. The summed E-state index contributed by atoms with van der Waals surface area (Å²) >= 11 is 0. The molecular formula is C20H18N2O12.